The lowest BCUT2D eigenvalue weighted by atomic mass is 9.79. The zero-order valence-electron chi connectivity index (χ0n) is 81.9. The molecule has 0 unspecified atom stereocenters. The predicted molar refractivity (Wildman–Crippen MR) is 585 cm³/mol. The van der Waals surface area contributed by atoms with Gasteiger partial charge in [-0.25, -0.2) is 9.67 Å². The molecule has 0 saturated carbocycles. The van der Waals surface area contributed by atoms with E-state index in [1.165, 1.54) is 73.0 Å². The van der Waals surface area contributed by atoms with Gasteiger partial charge in [-0.05, 0) is 311 Å². The number of nitrogens with two attached hydrogens (primary N) is 1. The average Bonchev–Trinajstić information content (AvgIpc) is 0.806. The molecule has 14 aromatic rings. The van der Waals surface area contributed by atoms with Crippen molar-refractivity contribution in [2.24, 2.45) is 5.73 Å². The van der Waals surface area contributed by atoms with Gasteiger partial charge in [0.25, 0.3) is 0 Å². The average molecular weight is 1990 g/mol. The van der Waals surface area contributed by atoms with Crippen LogP contribution in [0.2, 0.25) is 0 Å². The summed E-state index contributed by atoms with van der Waals surface area (Å²) in [6.45, 7) is 36.7. The lowest BCUT2D eigenvalue weighted by Gasteiger charge is -2.31. The van der Waals surface area contributed by atoms with Crippen LogP contribution in [0, 0.1) is 108 Å². The number of carbonyl (C=O) groups excluding carboxylic acids is 2. The first kappa shape index (κ1) is 116. The molecular formula is C120H138BrCl4N4O6P. The summed E-state index contributed by atoms with van der Waals surface area (Å²) >= 11 is 24.2. The Kier molecular flexibility index (Phi) is 55.0. The first-order chi connectivity index (χ1) is 65.5. The van der Waals surface area contributed by atoms with Crippen molar-refractivity contribution in [3.63, 3.8) is 0 Å². The molecule has 0 spiro atoms. The van der Waals surface area contributed by atoms with Crippen molar-refractivity contribution in [1.82, 2.24) is 9.67 Å². The zero-order valence-corrected chi connectivity index (χ0v) is 87.5. The summed E-state index contributed by atoms with van der Waals surface area (Å²) in [6, 6.07) is 114. The Morgan fingerprint density at radius 2 is 0.713 bits per heavy atom. The third-order valence-electron chi connectivity index (χ3n) is 23.1. The number of carbonyl (C=O) groups is 2. The van der Waals surface area contributed by atoms with Crippen LogP contribution in [-0.4, -0.2) is 78.9 Å². The Bertz CT molecular complexity index is 5660. The zero-order chi connectivity index (χ0) is 99.8. The summed E-state index contributed by atoms with van der Waals surface area (Å²) in [4.78, 5) is 27.9. The molecule has 1 aliphatic rings. The maximum Gasteiger partial charge on any atom is 0.193 e. The molecule has 7 N–H and O–H groups in total. The fourth-order valence-corrected chi connectivity index (χ4v) is 16.1. The highest BCUT2D eigenvalue weighted by atomic mass is 79.9. The van der Waals surface area contributed by atoms with Crippen molar-refractivity contribution in [3.05, 3.63) is 500 Å². The Hall–Kier alpha value is -10.6. The summed E-state index contributed by atoms with van der Waals surface area (Å²) in [5.74, 6) is 0.504. The number of aliphatic hydroxyl groups excluding tert-OH is 1. The summed E-state index contributed by atoms with van der Waals surface area (Å²) < 4.78 is 6.12. The highest BCUT2D eigenvalue weighted by Crippen LogP contribution is 2.39. The van der Waals surface area contributed by atoms with Gasteiger partial charge in [-0.15, -0.1) is 31.8 Å². The van der Waals surface area contributed by atoms with Crippen molar-refractivity contribution in [1.29, 1.82) is 5.26 Å². The number of hydrogen-bond donors (Lipinski definition) is 6. The van der Waals surface area contributed by atoms with Gasteiger partial charge in [-0.3, -0.25) is 9.59 Å². The minimum absolute atomic E-state index is 0.0444. The van der Waals surface area contributed by atoms with Crippen molar-refractivity contribution in [2.45, 2.75) is 152 Å². The molecule has 1 saturated heterocycles. The number of hydrogen-bond acceptors (Lipinski definition) is 10. The second kappa shape index (κ2) is 64.5. The fraction of sp³-hybridized carbons (Fsp3) is 0.258. The van der Waals surface area contributed by atoms with E-state index < -0.39 is 17.3 Å². The van der Waals surface area contributed by atoms with E-state index in [4.69, 9.17) is 62.5 Å². The molecule has 0 atom stereocenters. The highest BCUT2D eigenvalue weighted by molar-refractivity contribution is 9.10. The second-order valence-electron chi connectivity index (χ2n) is 33.1. The summed E-state index contributed by atoms with van der Waals surface area (Å²) in [5.41, 5.74) is 33.8. The van der Waals surface area contributed by atoms with Crippen molar-refractivity contribution in [2.75, 3.05) is 51.5 Å². The maximum atomic E-state index is 12.3. The highest BCUT2D eigenvalue weighted by Gasteiger charge is 2.35. The third-order valence-corrected chi connectivity index (χ3v) is 24.3. The van der Waals surface area contributed by atoms with Crippen LogP contribution in [0.5, 0.6) is 0 Å². The van der Waals surface area contributed by atoms with Crippen molar-refractivity contribution >= 4 is 88.9 Å². The van der Waals surface area contributed by atoms with E-state index in [1.807, 2.05) is 299 Å². The minimum atomic E-state index is -1.24. The SMILES string of the molecule is C1CCOC1.CPC.Cc1ccccc1Br.Cc1ccccc1C(=CCNCl)c1ccccc1C.Cc1ccccc1C(=O)c1ccccc1C.Cc1ccccc1C(CCNCl)c1ccccc1C.Cc1ccccc1C(O)(CC#N)c1ccccc1C.Cc1ccccc1C(O)(CCN)c1ccccc1C.Cc1ccccc1C(O)c1ccccc1C.Cc1ccccc1C=O.ClCCl. The van der Waals surface area contributed by atoms with E-state index >= 15 is 0 Å². The molecule has 0 amide bonds. The van der Waals surface area contributed by atoms with Crippen LogP contribution in [0.3, 0.4) is 0 Å². The number of alkyl halides is 2. The van der Waals surface area contributed by atoms with Crippen LogP contribution in [0.4, 0.5) is 0 Å². The molecule has 1 aliphatic heterocycles. The molecule has 0 bridgehead atoms. The Morgan fingerprint density at radius 1 is 0.426 bits per heavy atom. The molecule has 0 radical (unpaired) electrons. The molecule has 0 aromatic heterocycles. The fourth-order valence-electron chi connectivity index (χ4n) is 15.6. The molecule has 1 heterocycles. The van der Waals surface area contributed by atoms with E-state index in [9.17, 15) is 24.9 Å². The largest absolute Gasteiger partial charge is 0.384 e. The molecule has 10 nitrogen and oxygen atoms in total. The van der Waals surface area contributed by atoms with Gasteiger partial charge in [0, 0.05) is 53.4 Å². The summed E-state index contributed by atoms with van der Waals surface area (Å²) in [6.07, 6.45) is 6.60. The number of rotatable bonds is 21. The summed E-state index contributed by atoms with van der Waals surface area (Å²) in [5, 5.41) is 42.0. The first-order valence-electron chi connectivity index (χ1n) is 45.9. The molecule has 16 heteroatoms. The van der Waals surface area contributed by atoms with E-state index in [-0.39, 0.29) is 17.5 Å². The van der Waals surface area contributed by atoms with E-state index in [2.05, 4.69) is 189 Å². The first-order valence-corrected chi connectivity index (χ1v) is 50.5. The smallest absolute Gasteiger partial charge is 0.193 e. The van der Waals surface area contributed by atoms with E-state index in [0.717, 1.165) is 141 Å². The van der Waals surface area contributed by atoms with Gasteiger partial charge in [-0.2, -0.15) is 5.26 Å². The molecule has 15 rings (SSSR count). The van der Waals surface area contributed by atoms with Gasteiger partial charge >= 0.3 is 0 Å². The van der Waals surface area contributed by atoms with Gasteiger partial charge in [0.1, 0.15) is 23.6 Å². The van der Waals surface area contributed by atoms with Gasteiger partial charge in [-0.1, -0.05) is 356 Å². The topological polar surface area (TPSA) is 178 Å². The number of aldehydes is 1. The van der Waals surface area contributed by atoms with Crippen molar-refractivity contribution < 1.29 is 29.6 Å². The molecule has 714 valence electrons. The molecule has 14 aromatic carbocycles. The van der Waals surface area contributed by atoms with E-state index in [0.29, 0.717) is 25.4 Å². The van der Waals surface area contributed by atoms with Gasteiger partial charge in [0.05, 0.1) is 17.8 Å². The lowest BCUT2D eigenvalue weighted by molar-refractivity contribution is 0.0724. The van der Waals surface area contributed by atoms with Gasteiger partial charge in [0.2, 0.25) is 0 Å². The molecular weight excluding hydrogens is 1850 g/mol. The van der Waals surface area contributed by atoms with Gasteiger partial charge < -0.3 is 25.8 Å². The molecule has 1 fully saturated rings. The van der Waals surface area contributed by atoms with Crippen LogP contribution in [0.1, 0.15) is 204 Å². The number of benzene rings is 14. The monoisotopic (exact) mass is 1980 g/mol. The van der Waals surface area contributed by atoms with Crippen LogP contribution in [0.25, 0.3) is 5.57 Å². The number of nitrogens with one attached hydrogen (secondary N) is 2. The van der Waals surface area contributed by atoms with Crippen LogP contribution in [0.15, 0.2) is 350 Å². The Morgan fingerprint density at radius 3 is 0.978 bits per heavy atom. The standard InChI is InChI=1S/C17H20ClN.C17H18ClN.C17H21NO.C17H17NO.C15H16O.C15H14O.C8H8O.C7H7Br.C4H8O.C2H7P.CH2Cl2/c2*1-13-7-3-5-9-15(13)17(11-12-19-18)16-10-6-4-8-14(16)2;2*1-13-7-3-5-9-15(13)17(19,11-12-18)16-10-6-4-8-14(16)2;2*1-11-7-3-5-9-13(11)15(16)14-10-6-4-8-12(14)2;1-7-4-2-3-5-8(7)6-9;1-6-4-2-3-5-7(6)8;1-2-4-5-3-1;1-3-2;2-1-3/h3-10,17,19H,11-12H2,1-2H3;3-11,19H,12H2,1-2H3;3-10,19H,11-12,18H2,1-2H3;3-10,19H,11H2,1-2H3;3-10,15-16H,1-2H3;3-10H,1-2H3;2-6H,1H3;2-5H,1H3;1-4H2;3H,1-2H3;1H2. The van der Waals surface area contributed by atoms with Gasteiger partial charge in [0.15, 0.2) is 5.78 Å². The summed E-state index contributed by atoms with van der Waals surface area (Å²) in [7, 11) is 1.08. The van der Waals surface area contributed by atoms with Crippen LogP contribution < -0.4 is 15.4 Å². The predicted octanol–water partition coefficient (Wildman–Crippen LogP) is 30.0. The molecule has 0 aliphatic carbocycles. The number of aryl methyl sites for hydroxylation is 14. The number of ether oxygens (including phenoxy) is 1. The second-order valence-corrected chi connectivity index (χ2v) is 36.3. The third kappa shape index (κ3) is 37.4. The number of ketones is 1. The van der Waals surface area contributed by atoms with Crippen molar-refractivity contribution in [3.8, 4) is 6.07 Å². The normalized spacial score (nSPS) is 10.9. The Balaban J connectivity index is 0.000000273. The Labute approximate surface area is 843 Å². The quantitative estimate of drug-likeness (QED) is 0.0133. The minimum Gasteiger partial charge on any atom is -0.384 e. The van der Waals surface area contributed by atoms with Crippen LogP contribution >= 0.6 is 71.3 Å². The lowest BCUT2D eigenvalue weighted by Crippen LogP contribution is -2.32. The number of halogens is 5. The number of aliphatic hydroxyl groups is 3. The molecule has 136 heavy (non-hydrogen) atoms. The van der Waals surface area contributed by atoms with Crippen LogP contribution in [-0.2, 0) is 15.9 Å². The number of nitrogens with zero attached hydrogens (tertiary/aromatic N) is 1. The number of nitriles is 1. The van der Waals surface area contributed by atoms with E-state index in [1.54, 1.807) is 0 Å². The maximum absolute atomic E-state index is 12.3.